The molecule has 0 bridgehead atoms. The summed E-state index contributed by atoms with van der Waals surface area (Å²) in [7, 11) is 0. The number of hydrogen-bond donors (Lipinski definition) is 1. The van der Waals surface area contributed by atoms with Crippen molar-refractivity contribution >= 4 is 28.7 Å². The zero-order valence-electron chi connectivity index (χ0n) is 15.1. The number of nitro benzene ring substituents is 1. The van der Waals surface area contributed by atoms with Crippen LogP contribution in [0.3, 0.4) is 0 Å². The fourth-order valence-corrected chi connectivity index (χ4v) is 3.54. The van der Waals surface area contributed by atoms with E-state index in [-0.39, 0.29) is 11.6 Å². The predicted octanol–water partition coefficient (Wildman–Crippen LogP) is 3.79. The molecule has 2 aromatic carbocycles. The highest BCUT2D eigenvalue weighted by atomic mass is 16.6. The highest BCUT2D eigenvalue weighted by molar-refractivity contribution is 6.07. The average Bonchev–Trinajstić information content (AvgIpc) is 2.72. The normalized spacial score (nSPS) is 13.4. The number of pyridine rings is 1. The number of aryl methyl sites for hydroxylation is 1. The van der Waals surface area contributed by atoms with Crippen LogP contribution >= 0.6 is 0 Å². The van der Waals surface area contributed by atoms with E-state index < -0.39 is 4.92 Å². The minimum Gasteiger partial charge on any atom is -0.267 e. The topological polar surface area (TPSA) is 97.5 Å². The molecule has 140 valence electrons. The van der Waals surface area contributed by atoms with Crippen LogP contribution in [0.5, 0.6) is 0 Å². The Balaban J connectivity index is 1.61. The largest absolute Gasteiger partial charge is 0.272 e. The fraction of sp³-hybridized carbons (Fsp3) is 0.190. The second-order valence-electron chi connectivity index (χ2n) is 6.68. The summed E-state index contributed by atoms with van der Waals surface area (Å²) in [6.07, 6.45) is 5.31. The highest BCUT2D eigenvalue weighted by Crippen LogP contribution is 2.29. The number of hydrogen-bond acceptors (Lipinski definition) is 5. The van der Waals surface area contributed by atoms with Gasteiger partial charge in [0.2, 0.25) is 0 Å². The number of carbonyl (C=O) groups excluding carboxylic acids is 1. The van der Waals surface area contributed by atoms with Gasteiger partial charge >= 0.3 is 0 Å². The van der Waals surface area contributed by atoms with Gasteiger partial charge in [-0.3, -0.25) is 19.9 Å². The van der Waals surface area contributed by atoms with Crippen molar-refractivity contribution in [2.45, 2.75) is 25.7 Å². The molecule has 7 heteroatoms. The van der Waals surface area contributed by atoms with Crippen LogP contribution < -0.4 is 5.43 Å². The van der Waals surface area contributed by atoms with Crippen molar-refractivity contribution < 1.29 is 9.72 Å². The molecular weight excluding hydrogens is 356 g/mol. The maximum Gasteiger partial charge on any atom is 0.272 e. The van der Waals surface area contributed by atoms with Crippen LogP contribution in [0.4, 0.5) is 5.69 Å². The van der Waals surface area contributed by atoms with E-state index in [1.165, 1.54) is 18.3 Å². The summed E-state index contributed by atoms with van der Waals surface area (Å²) < 4.78 is 0. The summed E-state index contributed by atoms with van der Waals surface area (Å²) in [6.45, 7) is 0. The Bertz CT molecular complexity index is 1090. The molecule has 1 heterocycles. The van der Waals surface area contributed by atoms with Gasteiger partial charge in [-0.1, -0.05) is 18.2 Å². The summed E-state index contributed by atoms with van der Waals surface area (Å²) in [5, 5.41) is 15.6. The van der Waals surface area contributed by atoms with E-state index in [1.807, 2.05) is 24.3 Å². The number of non-ortho nitro benzene ring substituents is 1. The molecule has 0 spiro atoms. The molecule has 0 saturated carbocycles. The van der Waals surface area contributed by atoms with Crippen molar-refractivity contribution in [3.8, 4) is 0 Å². The number of nitrogens with one attached hydrogen (secondary N) is 1. The number of fused-ring (bicyclic) bond motifs is 2. The molecule has 4 rings (SSSR count). The Morgan fingerprint density at radius 1 is 1.11 bits per heavy atom. The smallest absolute Gasteiger partial charge is 0.267 e. The van der Waals surface area contributed by atoms with E-state index in [0.717, 1.165) is 47.8 Å². The zero-order valence-corrected chi connectivity index (χ0v) is 15.1. The second-order valence-corrected chi connectivity index (χ2v) is 6.68. The van der Waals surface area contributed by atoms with E-state index in [9.17, 15) is 14.9 Å². The quantitative estimate of drug-likeness (QED) is 0.427. The molecular formula is C21H18N4O3. The van der Waals surface area contributed by atoms with E-state index >= 15 is 0 Å². The standard InChI is InChI=1S/C21H18N4O3/c26-21(24-22-13-14-9-11-15(12-10-14)25(27)28)20-16-5-1-3-7-18(16)23-19-8-4-2-6-17(19)20/h1,3,5,7,9-13H,2,4,6,8H2,(H,24,26). The number of hydrazone groups is 1. The van der Waals surface area contributed by atoms with E-state index in [4.69, 9.17) is 4.98 Å². The van der Waals surface area contributed by atoms with Gasteiger partial charge in [0, 0.05) is 23.2 Å². The maximum absolute atomic E-state index is 12.9. The van der Waals surface area contributed by atoms with Gasteiger partial charge < -0.3 is 0 Å². The van der Waals surface area contributed by atoms with Crippen molar-refractivity contribution in [2.75, 3.05) is 0 Å². The van der Waals surface area contributed by atoms with E-state index in [2.05, 4.69) is 10.5 Å². The third-order valence-electron chi connectivity index (χ3n) is 4.88. The molecule has 0 aliphatic heterocycles. The molecule has 1 amide bonds. The average molecular weight is 374 g/mol. The number of benzene rings is 2. The van der Waals surface area contributed by atoms with Gasteiger partial charge in [-0.15, -0.1) is 0 Å². The summed E-state index contributed by atoms with van der Waals surface area (Å²) in [6, 6.07) is 13.6. The summed E-state index contributed by atoms with van der Waals surface area (Å²) in [5.74, 6) is -0.269. The molecule has 3 aromatic rings. The number of nitro groups is 1. The van der Waals surface area contributed by atoms with Crippen LogP contribution in [-0.2, 0) is 12.8 Å². The Labute approximate surface area is 161 Å². The van der Waals surface area contributed by atoms with Crippen molar-refractivity contribution in [1.82, 2.24) is 10.4 Å². The number of amides is 1. The van der Waals surface area contributed by atoms with Gasteiger partial charge in [0.25, 0.3) is 11.6 Å². The summed E-state index contributed by atoms with van der Waals surface area (Å²) in [5.41, 5.74) is 6.72. The van der Waals surface area contributed by atoms with E-state index in [0.29, 0.717) is 11.1 Å². The van der Waals surface area contributed by atoms with Crippen LogP contribution in [0, 0.1) is 10.1 Å². The Morgan fingerprint density at radius 3 is 2.64 bits per heavy atom. The number of carbonyl (C=O) groups is 1. The lowest BCUT2D eigenvalue weighted by Gasteiger charge is -2.19. The molecule has 7 nitrogen and oxygen atoms in total. The van der Waals surface area contributed by atoms with Crippen molar-refractivity contribution in [2.24, 2.45) is 5.10 Å². The molecule has 0 fully saturated rings. The minimum atomic E-state index is -0.458. The lowest BCUT2D eigenvalue weighted by atomic mass is 9.89. The predicted molar refractivity (Wildman–Crippen MR) is 107 cm³/mol. The van der Waals surface area contributed by atoms with Crippen LogP contribution in [-0.4, -0.2) is 22.0 Å². The zero-order chi connectivity index (χ0) is 19.5. The number of para-hydroxylation sites is 1. The van der Waals surface area contributed by atoms with Gasteiger partial charge in [-0.25, -0.2) is 5.43 Å². The first-order valence-electron chi connectivity index (χ1n) is 9.12. The SMILES string of the molecule is O=C(NN=Cc1ccc([N+](=O)[O-])cc1)c1c2c(nc3ccccc13)CCCC2. The first kappa shape index (κ1) is 17.8. The minimum absolute atomic E-state index is 0.0102. The molecule has 0 radical (unpaired) electrons. The van der Waals surface area contributed by atoms with Gasteiger partial charge in [0.15, 0.2) is 0 Å². The molecule has 28 heavy (non-hydrogen) atoms. The van der Waals surface area contributed by atoms with Gasteiger partial charge in [-0.2, -0.15) is 5.10 Å². The van der Waals surface area contributed by atoms with Crippen LogP contribution in [0.1, 0.15) is 40.0 Å². The lowest BCUT2D eigenvalue weighted by molar-refractivity contribution is -0.384. The van der Waals surface area contributed by atoms with Crippen molar-refractivity contribution in [3.63, 3.8) is 0 Å². The van der Waals surface area contributed by atoms with Crippen molar-refractivity contribution in [1.29, 1.82) is 0 Å². The Morgan fingerprint density at radius 2 is 1.86 bits per heavy atom. The molecule has 0 saturated heterocycles. The van der Waals surface area contributed by atoms with Crippen LogP contribution in [0.2, 0.25) is 0 Å². The summed E-state index contributed by atoms with van der Waals surface area (Å²) in [4.78, 5) is 27.9. The molecule has 1 aliphatic rings. The molecule has 0 unspecified atom stereocenters. The van der Waals surface area contributed by atoms with Crippen LogP contribution in [0.15, 0.2) is 53.6 Å². The molecule has 0 atom stereocenters. The van der Waals surface area contributed by atoms with E-state index in [1.54, 1.807) is 12.1 Å². The number of aromatic nitrogens is 1. The maximum atomic E-state index is 12.9. The molecule has 1 aliphatic carbocycles. The Hall–Kier alpha value is -3.61. The Kier molecular flexibility index (Phi) is 4.80. The monoisotopic (exact) mass is 374 g/mol. The van der Waals surface area contributed by atoms with Gasteiger partial charge in [0.05, 0.1) is 22.2 Å². The third kappa shape index (κ3) is 3.46. The van der Waals surface area contributed by atoms with Crippen molar-refractivity contribution in [3.05, 3.63) is 81.0 Å². The number of nitrogens with zero attached hydrogens (tertiary/aromatic N) is 3. The van der Waals surface area contributed by atoms with Gasteiger partial charge in [-0.05, 0) is 55.0 Å². The highest BCUT2D eigenvalue weighted by Gasteiger charge is 2.22. The summed E-state index contributed by atoms with van der Waals surface area (Å²) >= 11 is 0. The third-order valence-corrected chi connectivity index (χ3v) is 4.88. The second kappa shape index (κ2) is 7.56. The molecule has 1 N–H and O–H groups in total. The fourth-order valence-electron chi connectivity index (χ4n) is 3.54. The molecule has 1 aromatic heterocycles. The lowest BCUT2D eigenvalue weighted by Crippen LogP contribution is -2.22. The first-order valence-corrected chi connectivity index (χ1v) is 9.12. The van der Waals surface area contributed by atoms with Gasteiger partial charge in [0.1, 0.15) is 0 Å². The van der Waals surface area contributed by atoms with Crippen LogP contribution in [0.25, 0.3) is 10.9 Å². The first-order chi connectivity index (χ1) is 13.6. The number of rotatable bonds is 4.